The largest absolute Gasteiger partial charge is 0.313 e. The van der Waals surface area contributed by atoms with Gasteiger partial charge in [-0.25, -0.2) is 0 Å². The molecule has 2 rings (SSSR count). The number of benzene rings is 1. The summed E-state index contributed by atoms with van der Waals surface area (Å²) >= 11 is 0. The number of aryl methyl sites for hydroxylation is 1. The molecule has 1 aliphatic carbocycles. The molecule has 0 heterocycles. The van der Waals surface area contributed by atoms with Crippen molar-refractivity contribution >= 4 is 0 Å². The summed E-state index contributed by atoms with van der Waals surface area (Å²) in [7, 11) is 1.98. The van der Waals surface area contributed by atoms with Crippen molar-refractivity contribution in [2.24, 2.45) is 0 Å². The Labute approximate surface area is 78.2 Å². The minimum absolute atomic E-state index is 0.489. The lowest BCUT2D eigenvalue weighted by molar-refractivity contribution is 0.590. The van der Waals surface area contributed by atoms with E-state index in [4.69, 9.17) is 5.26 Å². The second-order valence-electron chi connectivity index (χ2n) is 3.41. The minimum Gasteiger partial charge on any atom is -0.313 e. The van der Waals surface area contributed by atoms with Crippen molar-refractivity contribution in [1.29, 1.82) is 5.26 Å². The quantitative estimate of drug-likeness (QED) is 0.700. The molecule has 0 saturated heterocycles. The maximum Gasteiger partial charge on any atom is 0.0991 e. The van der Waals surface area contributed by atoms with Crippen molar-refractivity contribution in [2.45, 2.75) is 18.9 Å². The first-order valence-corrected chi connectivity index (χ1v) is 4.55. The highest BCUT2D eigenvalue weighted by Crippen LogP contribution is 2.30. The Morgan fingerprint density at radius 1 is 1.54 bits per heavy atom. The molecule has 2 heteroatoms. The summed E-state index contributed by atoms with van der Waals surface area (Å²) in [5.41, 5.74) is 3.47. The van der Waals surface area contributed by atoms with Gasteiger partial charge in [-0.15, -0.1) is 0 Å². The average Bonchev–Trinajstić information content (AvgIpc) is 2.59. The van der Waals surface area contributed by atoms with E-state index in [0.29, 0.717) is 6.04 Å². The van der Waals surface area contributed by atoms with Gasteiger partial charge in [0.2, 0.25) is 0 Å². The van der Waals surface area contributed by atoms with Gasteiger partial charge in [0, 0.05) is 6.04 Å². The Bertz CT molecular complexity index is 363. The summed E-state index contributed by atoms with van der Waals surface area (Å²) in [6.45, 7) is 0. The predicted molar refractivity (Wildman–Crippen MR) is 51.3 cm³/mol. The lowest BCUT2D eigenvalue weighted by Crippen LogP contribution is -2.12. The van der Waals surface area contributed by atoms with E-state index < -0.39 is 0 Å². The van der Waals surface area contributed by atoms with Gasteiger partial charge in [-0.05, 0) is 43.1 Å². The maximum absolute atomic E-state index is 8.73. The number of hydrogen-bond acceptors (Lipinski definition) is 2. The van der Waals surface area contributed by atoms with E-state index in [1.807, 2.05) is 19.2 Å². The Morgan fingerprint density at radius 2 is 2.38 bits per heavy atom. The zero-order valence-electron chi connectivity index (χ0n) is 7.67. The lowest BCUT2D eigenvalue weighted by Gasteiger charge is -2.09. The molecule has 0 aromatic heterocycles. The van der Waals surface area contributed by atoms with Crippen molar-refractivity contribution in [1.82, 2.24) is 5.32 Å². The van der Waals surface area contributed by atoms with Crippen molar-refractivity contribution in [3.05, 3.63) is 34.9 Å². The average molecular weight is 172 g/mol. The molecule has 13 heavy (non-hydrogen) atoms. The molecule has 0 amide bonds. The molecule has 0 spiro atoms. The van der Waals surface area contributed by atoms with E-state index in [2.05, 4.69) is 17.5 Å². The zero-order valence-corrected chi connectivity index (χ0v) is 7.67. The van der Waals surface area contributed by atoms with Crippen LogP contribution in [0.15, 0.2) is 18.2 Å². The van der Waals surface area contributed by atoms with Crippen LogP contribution in [0.4, 0.5) is 0 Å². The van der Waals surface area contributed by atoms with Crippen LogP contribution in [-0.2, 0) is 6.42 Å². The molecule has 2 nitrogen and oxygen atoms in total. The van der Waals surface area contributed by atoms with E-state index in [1.54, 1.807) is 0 Å². The number of fused-ring (bicyclic) bond motifs is 1. The Balaban J connectivity index is 2.41. The van der Waals surface area contributed by atoms with Crippen molar-refractivity contribution in [3.8, 4) is 6.07 Å². The standard InChI is InChI=1S/C11H12N2/c1-13-11-5-3-9-6-8(7-12)2-4-10(9)11/h2,4,6,11,13H,3,5H2,1H3/t11-/m1/s1. The lowest BCUT2D eigenvalue weighted by atomic mass is 10.1. The van der Waals surface area contributed by atoms with Crippen LogP contribution in [0.1, 0.15) is 29.2 Å². The van der Waals surface area contributed by atoms with Crippen LogP contribution in [0.25, 0.3) is 0 Å². The van der Waals surface area contributed by atoms with Crippen LogP contribution >= 0.6 is 0 Å². The molecular weight excluding hydrogens is 160 g/mol. The van der Waals surface area contributed by atoms with Crippen molar-refractivity contribution < 1.29 is 0 Å². The number of rotatable bonds is 1. The molecule has 0 aliphatic heterocycles. The summed E-state index contributed by atoms with van der Waals surface area (Å²) in [4.78, 5) is 0. The minimum atomic E-state index is 0.489. The molecule has 1 aromatic rings. The smallest absolute Gasteiger partial charge is 0.0991 e. The summed E-state index contributed by atoms with van der Waals surface area (Å²) in [6.07, 6.45) is 2.25. The first-order valence-electron chi connectivity index (χ1n) is 4.55. The van der Waals surface area contributed by atoms with Gasteiger partial charge >= 0.3 is 0 Å². The molecule has 0 radical (unpaired) electrons. The highest BCUT2D eigenvalue weighted by Gasteiger charge is 2.20. The van der Waals surface area contributed by atoms with E-state index in [0.717, 1.165) is 18.4 Å². The molecule has 1 N–H and O–H groups in total. The van der Waals surface area contributed by atoms with Gasteiger partial charge in [-0.1, -0.05) is 6.07 Å². The van der Waals surface area contributed by atoms with Gasteiger partial charge < -0.3 is 5.32 Å². The fourth-order valence-corrected chi connectivity index (χ4v) is 1.99. The maximum atomic E-state index is 8.73. The fourth-order valence-electron chi connectivity index (χ4n) is 1.99. The SMILES string of the molecule is CN[C@@H]1CCc2cc(C#N)ccc21. The van der Waals surface area contributed by atoms with E-state index in [1.165, 1.54) is 11.1 Å². The van der Waals surface area contributed by atoms with Gasteiger partial charge in [0.05, 0.1) is 11.6 Å². The Hall–Kier alpha value is -1.33. The second kappa shape index (κ2) is 3.20. The summed E-state index contributed by atoms with van der Waals surface area (Å²) < 4.78 is 0. The molecule has 1 aromatic carbocycles. The monoisotopic (exact) mass is 172 g/mol. The first-order chi connectivity index (χ1) is 6.35. The Morgan fingerprint density at radius 3 is 3.08 bits per heavy atom. The highest BCUT2D eigenvalue weighted by molar-refractivity contribution is 5.42. The third kappa shape index (κ3) is 1.32. The van der Waals surface area contributed by atoms with Gasteiger partial charge in [-0.2, -0.15) is 5.26 Å². The molecule has 1 atom stereocenters. The van der Waals surface area contributed by atoms with E-state index in [9.17, 15) is 0 Å². The van der Waals surface area contributed by atoms with Crippen molar-refractivity contribution in [3.63, 3.8) is 0 Å². The zero-order chi connectivity index (χ0) is 9.26. The number of nitrogens with one attached hydrogen (secondary N) is 1. The van der Waals surface area contributed by atoms with Gasteiger partial charge in [0.15, 0.2) is 0 Å². The molecule has 0 unspecified atom stereocenters. The fraction of sp³-hybridized carbons (Fsp3) is 0.364. The molecule has 0 bridgehead atoms. The van der Waals surface area contributed by atoms with Gasteiger partial charge in [-0.3, -0.25) is 0 Å². The van der Waals surface area contributed by atoms with Crippen LogP contribution in [0.3, 0.4) is 0 Å². The first kappa shape index (κ1) is 8.28. The van der Waals surface area contributed by atoms with Crippen LogP contribution < -0.4 is 5.32 Å². The van der Waals surface area contributed by atoms with Crippen LogP contribution in [0, 0.1) is 11.3 Å². The van der Waals surface area contributed by atoms with Gasteiger partial charge in [0.25, 0.3) is 0 Å². The third-order valence-corrected chi connectivity index (χ3v) is 2.70. The number of nitriles is 1. The normalized spacial score (nSPS) is 19.5. The summed E-state index contributed by atoms with van der Waals surface area (Å²) in [5.74, 6) is 0. The van der Waals surface area contributed by atoms with Crippen molar-refractivity contribution in [2.75, 3.05) is 7.05 Å². The van der Waals surface area contributed by atoms with Crippen LogP contribution in [0.5, 0.6) is 0 Å². The number of nitrogens with zero attached hydrogens (tertiary/aromatic N) is 1. The molecule has 0 fully saturated rings. The molecule has 1 aliphatic rings. The van der Waals surface area contributed by atoms with E-state index in [-0.39, 0.29) is 0 Å². The topological polar surface area (TPSA) is 35.8 Å². The van der Waals surface area contributed by atoms with Crippen LogP contribution in [0.2, 0.25) is 0 Å². The summed E-state index contributed by atoms with van der Waals surface area (Å²) in [6, 6.07) is 8.63. The van der Waals surface area contributed by atoms with Gasteiger partial charge in [0.1, 0.15) is 0 Å². The summed E-state index contributed by atoms with van der Waals surface area (Å²) in [5, 5.41) is 12.0. The third-order valence-electron chi connectivity index (χ3n) is 2.70. The highest BCUT2D eigenvalue weighted by atomic mass is 14.9. The Kier molecular flexibility index (Phi) is 2.03. The molecule has 66 valence electrons. The van der Waals surface area contributed by atoms with Crippen LogP contribution in [-0.4, -0.2) is 7.05 Å². The number of hydrogen-bond donors (Lipinski definition) is 1. The van der Waals surface area contributed by atoms with E-state index >= 15 is 0 Å². The molecular formula is C11H12N2. The second-order valence-corrected chi connectivity index (χ2v) is 3.41. The molecule has 0 saturated carbocycles. The predicted octanol–water partition coefficient (Wildman–Crippen LogP) is 1.76.